The summed E-state index contributed by atoms with van der Waals surface area (Å²) in [6.07, 6.45) is 2.56. The topological polar surface area (TPSA) is 95.6 Å². The average molecular weight is 367 g/mol. The van der Waals surface area contributed by atoms with Crippen LogP contribution in [0.4, 0.5) is 0 Å². The van der Waals surface area contributed by atoms with Crippen LogP contribution in [0.25, 0.3) is 0 Å². The van der Waals surface area contributed by atoms with Gasteiger partial charge in [-0.05, 0) is 31.2 Å². The molecule has 138 valence electrons. The van der Waals surface area contributed by atoms with E-state index in [0.29, 0.717) is 39.0 Å². The van der Waals surface area contributed by atoms with Crippen molar-refractivity contribution in [3.63, 3.8) is 0 Å². The van der Waals surface area contributed by atoms with E-state index in [2.05, 4.69) is 10.6 Å². The molecule has 7 nitrogen and oxygen atoms in total. The van der Waals surface area contributed by atoms with E-state index in [1.807, 2.05) is 31.2 Å². The first-order valence-corrected chi connectivity index (χ1v) is 10.2. The molecule has 1 fully saturated rings. The molecule has 1 saturated heterocycles. The smallest absolute Gasteiger partial charge is 0.309 e. The molecule has 0 spiro atoms. The Morgan fingerprint density at radius 2 is 1.64 bits per heavy atom. The summed E-state index contributed by atoms with van der Waals surface area (Å²) in [4.78, 5) is 23.7. The Morgan fingerprint density at radius 3 is 2.20 bits per heavy atom. The number of benzene rings is 1. The van der Waals surface area contributed by atoms with Gasteiger partial charge in [0.2, 0.25) is 10.0 Å². The quantitative estimate of drug-likeness (QED) is 0.737. The number of sulfonamides is 1. The molecule has 0 unspecified atom stereocenters. The third-order valence-electron chi connectivity index (χ3n) is 4.37. The van der Waals surface area contributed by atoms with Gasteiger partial charge in [0.05, 0.1) is 6.26 Å². The number of nitrogens with zero attached hydrogens (tertiary/aromatic N) is 1. The predicted molar refractivity (Wildman–Crippen MR) is 95.2 cm³/mol. The van der Waals surface area contributed by atoms with E-state index >= 15 is 0 Å². The fourth-order valence-electron chi connectivity index (χ4n) is 2.73. The lowest BCUT2D eigenvalue weighted by molar-refractivity contribution is -0.139. The first-order chi connectivity index (χ1) is 11.8. The molecule has 1 aromatic carbocycles. The Labute approximate surface area is 148 Å². The Balaban J connectivity index is 1.69. The van der Waals surface area contributed by atoms with Crippen molar-refractivity contribution in [2.75, 3.05) is 25.9 Å². The Hall–Kier alpha value is -1.93. The van der Waals surface area contributed by atoms with E-state index in [1.165, 1.54) is 10.6 Å². The lowest BCUT2D eigenvalue weighted by atomic mass is 9.98. The van der Waals surface area contributed by atoms with E-state index in [9.17, 15) is 18.0 Å². The van der Waals surface area contributed by atoms with Crippen molar-refractivity contribution < 1.29 is 18.0 Å². The van der Waals surface area contributed by atoms with Crippen LogP contribution in [-0.4, -0.2) is 50.4 Å². The molecule has 1 aromatic rings. The third-order valence-corrected chi connectivity index (χ3v) is 5.68. The molecule has 0 aliphatic carbocycles. The summed E-state index contributed by atoms with van der Waals surface area (Å²) in [6.45, 7) is 3.59. The van der Waals surface area contributed by atoms with E-state index < -0.39 is 21.8 Å². The number of rotatable bonds is 5. The van der Waals surface area contributed by atoms with Gasteiger partial charge in [0.1, 0.15) is 0 Å². The van der Waals surface area contributed by atoms with Gasteiger partial charge in [0.15, 0.2) is 0 Å². The standard InChI is InChI=1S/C17H25N3O4S/c1-13-3-5-14(6-4-13)11-18-16(21)17(22)19-12-15-7-9-20(10-8-15)25(2,23)24/h3-6,15H,7-12H2,1-2H3,(H,18,21)(H,19,22). The van der Waals surface area contributed by atoms with Gasteiger partial charge in [0, 0.05) is 26.2 Å². The van der Waals surface area contributed by atoms with Crippen molar-refractivity contribution in [1.29, 1.82) is 0 Å². The summed E-state index contributed by atoms with van der Waals surface area (Å²) in [5.41, 5.74) is 2.06. The van der Waals surface area contributed by atoms with E-state index in [0.717, 1.165) is 11.1 Å². The van der Waals surface area contributed by atoms with Gasteiger partial charge in [-0.3, -0.25) is 9.59 Å². The molecule has 1 heterocycles. The molecular weight excluding hydrogens is 342 g/mol. The molecule has 0 bridgehead atoms. The monoisotopic (exact) mass is 367 g/mol. The zero-order chi connectivity index (χ0) is 18.4. The van der Waals surface area contributed by atoms with Crippen molar-refractivity contribution in [1.82, 2.24) is 14.9 Å². The number of amides is 2. The second kappa shape index (κ2) is 8.44. The van der Waals surface area contributed by atoms with E-state index in [-0.39, 0.29) is 5.92 Å². The van der Waals surface area contributed by atoms with Gasteiger partial charge in [0.25, 0.3) is 0 Å². The highest BCUT2D eigenvalue weighted by Crippen LogP contribution is 2.18. The van der Waals surface area contributed by atoms with Crippen LogP contribution in [-0.2, 0) is 26.2 Å². The minimum absolute atomic E-state index is 0.187. The van der Waals surface area contributed by atoms with Crippen LogP contribution in [0, 0.1) is 12.8 Å². The lowest BCUT2D eigenvalue weighted by Crippen LogP contribution is -2.44. The van der Waals surface area contributed by atoms with Crippen LogP contribution in [0.5, 0.6) is 0 Å². The number of carbonyl (C=O) groups excluding carboxylic acids is 2. The van der Waals surface area contributed by atoms with Crippen LogP contribution in [0.15, 0.2) is 24.3 Å². The maximum atomic E-state index is 11.9. The van der Waals surface area contributed by atoms with Crippen molar-refractivity contribution in [2.45, 2.75) is 26.3 Å². The molecule has 2 amide bonds. The maximum Gasteiger partial charge on any atom is 0.309 e. The molecule has 25 heavy (non-hydrogen) atoms. The second-order valence-electron chi connectivity index (χ2n) is 6.48. The van der Waals surface area contributed by atoms with Gasteiger partial charge in [-0.25, -0.2) is 12.7 Å². The number of hydrogen-bond donors (Lipinski definition) is 2. The second-order valence-corrected chi connectivity index (χ2v) is 8.47. The first-order valence-electron chi connectivity index (χ1n) is 8.32. The van der Waals surface area contributed by atoms with Gasteiger partial charge in [-0.2, -0.15) is 0 Å². The first kappa shape index (κ1) is 19.4. The fraction of sp³-hybridized carbons (Fsp3) is 0.529. The Morgan fingerprint density at radius 1 is 1.08 bits per heavy atom. The molecule has 0 saturated carbocycles. The summed E-state index contributed by atoms with van der Waals surface area (Å²) < 4.78 is 24.4. The zero-order valence-electron chi connectivity index (χ0n) is 14.6. The molecule has 0 radical (unpaired) electrons. The zero-order valence-corrected chi connectivity index (χ0v) is 15.4. The van der Waals surface area contributed by atoms with Gasteiger partial charge in [-0.15, -0.1) is 0 Å². The van der Waals surface area contributed by atoms with E-state index in [4.69, 9.17) is 0 Å². The molecule has 0 aromatic heterocycles. The highest BCUT2D eigenvalue weighted by atomic mass is 32.2. The maximum absolute atomic E-state index is 11.9. The summed E-state index contributed by atoms with van der Waals surface area (Å²) in [7, 11) is -3.15. The molecule has 0 atom stereocenters. The highest BCUT2D eigenvalue weighted by molar-refractivity contribution is 7.88. The predicted octanol–water partition coefficient (Wildman–Crippen LogP) is 0.399. The third kappa shape index (κ3) is 6.13. The van der Waals surface area contributed by atoms with Crippen molar-refractivity contribution >= 4 is 21.8 Å². The highest BCUT2D eigenvalue weighted by Gasteiger charge is 2.25. The van der Waals surface area contributed by atoms with Crippen LogP contribution < -0.4 is 10.6 Å². The number of hydrogen-bond acceptors (Lipinski definition) is 4. The van der Waals surface area contributed by atoms with Crippen LogP contribution >= 0.6 is 0 Å². The molecule has 1 aliphatic rings. The number of aryl methyl sites for hydroxylation is 1. The minimum atomic E-state index is -3.15. The van der Waals surface area contributed by atoms with Crippen LogP contribution in [0.3, 0.4) is 0 Å². The summed E-state index contributed by atoms with van der Waals surface area (Å²) in [6, 6.07) is 7.71. The number of carbonyl (C=O) groups is 2. The number of piperidine rings is 1. The summed E-state index contributed by atoms with van der Waals surface area (Å²) in [5, 5.41) is 5.23. The largest absolute Gasteiger partial charge is 0.348 e. The van der Waals surface area contributed by atoms with Crippen LogP contribution in [0.1, 0.15) is 24.0 Å². The van der Waals surface area contributed by atoms with Crippen molar-refractivity contribution in [3.8, 4) is 0 Å². The summed E-state index contributed by atoms with van der Waals surface area (Å²) in [5.74, 6) is -1.13. The SMILES string of the molecule is Cc1ccc(CNC(=O)C(=O)NCC2CCN(S(C)(=O)=O)CC2)cc1. The minimum Gasteiger partial charge on any atom is -0.348 e. The molecule has 2 rings (SSSR count). The van der Waals surface area contributed by atoms with Crippen molar-refractivity contribution in [2.24, 2.45) is 5.92 Å². The number of nitrogens with one attached hydrogen (secondary N) is 2. The van der Waals surface area contributed by atoms with E-state index in [1.54, 1.807) is 0 Å². The Bertz CT molecular complexity index is 708. The van der Waals surface area contributed by atoms with Gasteiger partial charge in [-0.1, -0.05) is 29.8 Å². The molecular formula is C17H25N3O4S. The average Bonchev–Trinajstić information content (AvgIpc) is 2.58. The lowest BCUT2D eigenvalue weighted by Gasteiger charge is -2.30. The van der Waals surface area contributed by atoms with Crippen molar-refractivity contribution in [3.05, 3.63) is 35.4 Å². The fourth-order valence-corrected chi connectivity index (χ4v) is 3.61. The van der Waals surface area contributed by atoms with Gasteiger partial charge < -0.3 is 10.6 Å². The molecule has 8 heteroatoms. The summed E-state index contributed by atoms with van der Waals surface area (Å²) >= 11 is 0. The Kier molecular flexibility index (Phi) is 6.55. The van der Waals surface area contributed by atoms with Crippen LogP contribution in [0.2, 0.25) is 0 Å². The molecule has 1 aliphatic heterocycles. The normalized spacial score (nSPS) is 16.4. The van der Waals surface area contributed by atoms with Gasteiger partial charge >= 0.3 is 11.8 Å². The molecule has 2 N–H and O–H groups in total.